The molecule has 1 aliphatic rings. The number of allylic oxidation sites excluding steroid dienone is 6. The fourth-order valence-electron chi connectivity index (χ4n) is 0.941. The molecule has 1 rings (SSSR count). The van der Waals surface area contributed by atoms with Gasteiger partial charge in [0.05, 0.1) is 0 Å². The first kappa shape index (κ1) is 7.07. The maximum absolute atomic E-state index is 3.85. The van der Waals surface area contributed by atoms with Gasteiger partial charge in [-0.1, -0.05) is 36.5 Å². The first-order chi connectivity index (χ1) is 4.83. The summed E-state index contributed by atoms with van der Waals surface area (Å²) in [5, 5.41) is 0. The molecule has 0 aromatic heterocycles. The third-order valence-electron chi connectivity index (χ3n) is 1.54. The first-order valence-electron chi connectivity index (χ1n) is 3.48. The highest BCUT2D eigenvalue weighted by Gasteiger charge is 1.95. The number of hydrogen-bond acceptors (Lipinski definition) is 0. The van der Waals surface area contributed by atoms with E-state index in [2.05, 4.69) is 31.4 Å². The lowest BCUT2D eigenvalue weighted by Crippen LogP contribution is -1.84. The van der Waals surface area contributed by atoms with Crippen molar-refractivity contribution in [3.63, 3.8) is 0 Å². The van der Waals surface area contributed by atoms with Gasteiger partial charge in [0.25, 0.3) is 0 Å². The summed E-state index contributed by atoms with van der Waals surface area (Å²) >= 11 is 0. The zero-order valence-corrected chi connectivity index (χ0v) is 6.14. The molecule has 0 amide bonds. The average Bonchev–Trinajstić information content (AvgIpc) is 1.95. The fraction of sp³-hybridized carbons (Fsp3) is 0.200. The van der Waals surface area contributed by atoms with E-state index in [0.29, 0.717) is 0 Å². The van der Waals surface area contributed by atoms with E-state index in [1.165, 1.54) is 11.1 Å². The molecule has 0 saturated carbocycles. The van der Waals surface area contributed by atoms with Gasteiger partial charge in [-0.3, -0.25) is 0 Å². The summed E-state index contributed by atoms with van der Waals surface area (Å²) in [7, 11) is 0. The molecule has 0 radical (unpaired) electrons. The summed E-state index contributed by atoms with van der Waals surface area (Å²) in [6.45, 7) is 7.53. The van der Waals surface area contributed by atoms with Crippen LogP contribution >= 0.6 is 0 Å². The van der Waals surface area contributed by atoms with Crippen LogP contribution in [0.1, 0.15) is 12.8 Å². The van der Waals surface area contributed by atoms with Crippen molar-refractivity contribution in [2.24, 2.45) is 0 Å². The van der Waals surface area contributed by atoms with Gasteiger partial charge in [0.1, 0.15) is 0 Å². The highest BCUT2D eigenvalue weighted by Crippen LogP contribution is 2.15. The zero-order chi connectivity index (χ0) is 7.40. The molecule has 0 aromatic rings. The Morgan fingerprint density at radius 1 is 1.50 bits per heavy atom. The first-order valence-corrected chi connectivity index (χ1v) is 3.48. The highest BCUT2D eigenvalue weighted by atomic mass is 14.0. The second-order valence-corrected chi connectivity index (χ2v) is 2.47. The minimum atomic E-state index is 0.976. The quantitative estimate of drug-likeness (QED) is 0.507. The fourth-order valence-corrected chi connectivity index (χ4v) is 0.941. The Balaban J connectivity index is 2.58. The predicted molar refractivity (Wildman–Crippen MR) is 45.8 cm³/mol. The van der Waals surface area contributed by atoms with E-state index in [0.717, 1.165) is 12.8 Å². The topological polar surface area (TPSA) is 0 Å². The summed E-state index contributed by atoms with van der Waals surface area (Å²) in [6, 6.07) is 0. The zero-order valence-electron chi connectivity index (χ0n) is 6.14. The molecule has 0 bridgehead atoms. The van der Waals surface area contributed by atoms with Crippen LogP contribution in [-0.2, 0) is 0 Å². The molecule has 0 fully saturated rings. The van der Waals surface area contributed by atoms with Crippen molar-refractivity contribution in [1.82, 2.24) is 0 Å². The molecule has 0 nitrogen and oxygen atoms in total. The molecule has 0 unspecified atom stereocenters. The lowest BCUT2D eigenvalue weighted by atomic mass is 10.0. The van der Waals surface area contributed by atoms with Crippen LogP contribution in [0.15, 0.2) is 48.6 Å². The van der Waals surface area contributed by atoms with Crippen molar-refractivity contribution in [3.8, 4) is 0 Å². The minimum Gasteiger partial charge on any atom is -0.103 e. The molecular formula is C10H12. The van der Waals surface area contributed by atoms with Crippen LogP contribution in [0.2, 0.25) is 0 Å². The molecule has 0 aromatic carbocycles. The van der Waals surface area contributed by atoms with Gasteiger partial charge >= 0.3 is 0 Å². The Morgan fingerprint density at radius 2 is 2.30 bits per heavy atom. The molecular weight excluding hydrogens is 120 g/mol. The summed E-state index contributed by atoms with van der Waals surface area (Å²) in [5.74, 6) is 0. The maximum atomic E-state index is 3.85. The van der Waals surface area contributed by atoms with Crippen molar-refractivity contribution in [1.29, 1.82) is 0 Å². The second kappa shape index (κ2) is 3.21. The van der Waals surface area contributed by atoms with Crippen LogP contribution in [0.5, 0.6) is 0 Å². The summed E-state index contributed by atoms with van der Waals surface area (Å²) < 4.78 is 0. The Hall–Kier alpha value is -1.04. The molecule has 0 spiro atoms. The van der Waals surface area contributed by atoms with Gasteiger partial charge in [0.15, 0.2) is 0 Å². The molecule has 0 N–H and O–H groups in total. The summed E-state index contributed by atoms with van der Waals surface area (Å²) in [4.78, 5) is 0. The Morgan fingerprint density at radius 3 is 2.80 bits per heavy atom. The largest absolute Gasteiger partial charge is 0.103 e. The average molecular weight is 132 g/mol. The molecule has 52 valence electrons. The molecule has 0 aliphatic heterocycles. The summed E-state index contributed by atoms with van der Waals surface area (Å²) in [6.07, 6.45) is 10.3. The minimum absolute atomic E-state index is 0.976. The van der Waals surface area contributed by atoms with E-state index in [4.69, 9.17) is 0 Å². The van der Waals surface area contributed by atoms with Gasteiger partial charge in [0.2, 0.25) is 0 Å². The van der Waals surface area contributed by atoms with Crippen molar-refractivity contribution in [2.75, 3.05) is 0 Å². The van der Waals surface area contributed by atoms with Crippen LogP contribution < -0.4 is 0 Å². The number of hydrogen-bond donors (Lipinski definition) is 0. The van der Waals surface area contributed by atoms with Gasteiger partial charge in [-0.15, -0.1) is 6.58 Å². The predicted octanol–water partition coefficient (Wildman–Crippen LogP) is 3.01. The molecule has 10 heavy (non-hydrogen) atoms. The van der Waals surface area contributed by atoms with Crippen LogP contribution in [0.25, 0.3) is 0 Å². The van der Waals surface area contributed by atoms with Crippen molar-refractivity contribution < 1.29 is 0 Å². The van der Waals surface area contributed by atoms with Crippen molar-refractivity contribution in [3.05, 3.63) is 48.6 Å². The maximum Gasteiger partial charge on any atom is -0.00974 e. The number of rotatable bonds is 2. The van der Waals surface area contributed by atoms with E-state index >= 15 is 0 Å². The van der Waals surface area contributed by atoms with Gasteiger partial charge in [-0.05, 0) is 18.4 Å². The Kier molecular flexibility index (Phi) is 2.27. The van der Waals surface area contributed by atoms with E-state index in [1.54, 1.807) is 0 Å². The monoisotopic (exact) mass is 132 g/mol. The lowest BCUT2D eigenvalue weighted by molar-refractivity contribution is 1.17. The van der Waals surface area contributed by atoms with Crippen molar-refractivity contribution >= 4 is 0 Å². The van der Waals surface area contributed by atoms with E-state index in [-0.39, 0.29) is 0 Å². The van der Waals surface area contributed by atoms with Gasteiger partial charge in [0, 0.05) is 0 Å². The SMILES string of the molecule is C=CCC1=CCC(=C)C=C1. The third-order valence-corrected chi connectivity index (χ3v) is 1.54. The second-order valence-electron chi connectivity index (χ2n) is 2.47. The van der Waals surface area contributed by atoms with Crippen molar-refractivity contribution in [2.45, 2.75) is 12.8 Å². The molecule has 0 saturated heterocycles. The smallest absolute Gasteiger partial charge is 0.00974 e. The van der Waals surface area contributed by atoms with Crippen LogP contribution in [0.3, 0.4) is 0 Å². The van der Waals surface area contributed by atoms with E-state index in [9.17, 15) is 0 Å². The Bertz CT molecular complexity index is 204. The third kappa shape index (κ3) is 1.73. The summed E-state index contributed by atoms with van der Waals surface area (Å²) in [5.41, 5.74) is 2.54. The van der Waals surface area contributed by atoms with Crippen LogP contribution in [-0.4, -0.2) is 0 Å². The van der Waals surface area contributed by atoms with E-state index in [1.807, 2.05) is 6.08 Å². The van der Waals surface area contributed by atoms with Gasteiger partial charge in [-0.2, -0.15) is 0 Å². The normalized spacial score (nSPS) is 16.8. The molecule has 0 heteroatoms. The molecule has 1 aliphatic carbocycles. The Labute approximate surface area is 62.3 Å². The van der Waals surface area contributed by atoms with E-state index < -0.39 is 0 Å². The molecule has 0 heterocycles. The van der Waals surface area contributed by atoms with Gasteiger partial charge in [-0.25, -0.2) is 0 Å². The van der Waals surface area contributed by atoms with Crippen LogP contribution in [0, 0.1) is 0 Å². The van der Waals surface area contributed by atoms with Gasteiger partial charge < -0.3 is 0 Å². The molecule has 0 atom stereocenters. The standard InChI is InChI=1S/C10H12/c1-3-4-10-7-5-9(2)6-8-10/h3,5,7-8H,1-2,4,6H2. The highest BCUT2D eigenvalue weighted by molar-refractivity contribution is 5.34. The lowest BCUT2D eigenvalue weighted by Gasteiger charge is -2.04. The van der Waals surface area contributed by atoms with Crippen LogP contribution in [0.4, 0.5) is 0 Å².